The molecule has 0 aliphatic heterocycles. The fourth-order valence-corrected chi connectivity index (χ4v) is 0.766. The summed E-state index contributed by atoms with van der Waals surface area (Å²) in [6, 6.07) is 9.28. The molecule has 50 valence electrons. The Kier molecular flexibility index (Phi) is 5.59. The molecule has 0 heterocycles. The third kappa shape index (κ3) is 3.13. The predicted octanol–water partition coefficient (Wildman–Crippen LogP) is -0.0829. The van der Waals surface area contributed by atoms with E-state index in [1.54, 1.807) is 0 Å². The quantitative estimate of drug-likeness (QED) is 0.438. The minimum absolute atomic E-state index is 0. The minimum Gasteiger partial charge on any atom is -1.00 e. The Hall–Kier alpha value is 0.600. The van der Waals surface area contributed by atoms with E-state index in [1.807, 2.05) is 30.3 Å². The number of anilines is 1. The van der Waals surface area contributed by atoms with Gasteiger partial charge in [-0.1, -0.05) is 18.2 Å². The largest absolute Gasteiger partial charge is 1.00 e. The van der Waals surface area contributed by atoms with Gasteiger partial charge >= 0.3 is 29.6 Å². The summed E-state index contributed by atoms with van der Waals surface area (Å²) in [5.41, 5.74) is 0.779. The van der Waals surface area contributed by atoms with Crippen LogP contribution < -0.4 is 33.5 Å². The molecule has 0 spiro atoms. The van der Waals surface area contributed by atoms with Crippen LogP contribution in [0.15, 0.2) is 30.3 Å². The first-order valence-corrected chi connectivity index (χ1v) is 3.15. The number of hydrogen-bond donors (Lipinski definition) is 0. The number of nitrogens with zero attached hydrogens (tertiary/aromatic N) is 1. The molecule has 0 aliphatic carbocycles. The van der Waals surface area contributed by atoms with Crippen LogP contribution in [0.3, 0.4) is 0 Å². The van der Waals surface area contributed by atoms with E-state index in [9.17, 15) is 0 Å². The Morgan fingerprint density at radius 1 is 1.10 bits per heavy atom. The zero-order valence-electron chi connectivity index (χ0n) is 6.59. The Balaban J connectivity index is 0. The van der Waals surface area contributed by atoms with E-state index in [1.165, 1.54) is 0 Å². The Labute approximate surface area is 93.9 Å². The van der Waals surface area contributed by atoms with Crippen molar-refractivity contribution in [1.29, 1.82) is 0 Å². The Bertz CT molecular complexity index is 183. The van der Waals surface area contributed by atoms with Gasteiger partial charge in [0.15, 0.2) is 0 Å². The van der Waals surface area contributed by atoms with Gasteiger partial charge in [0, 0.05) is 23.6 Å². The molecule has 10 heavy (non-hydrogen) atoms. The van der Waals surface area contributed by atoms with E-state index in [-0.39, 0.29) is 31.0 Å². The fraction of sp³-hybridized carbons (Fsp3) is 0. The molecular weight excluding hydrogens is 180 g/mol. The summed E-state index contributed by atoms with van der Waals surface area (Å²) in [6.45, 7) is 0. The SMILES string of the molecule is ClN(Cl)c1ccccc1.[H-].[Na+]. The molecule has 0 radical (unpaired) electrons. The van der Waals surface area contributed by atoms with E-state index in [4.69, 9.17) is 23.6 Å². The molecule has 0 saturated carbocycles. The van der Waals surface area contributed by atoms with Gasteiger partial charge in [-0.15, -0.1) is 0 Å². The van der Waals surface area contributed by atoms with Crippen LogP contribution in [-0.4, -0.2) is 0 Å². The van der Waals surface area contributed by atoms with Crippen molar-refractivity contribution in [2.45, 2.75) is 0 Å². The van der Waals surface area contributed by atoms with Gasteiger partial charge in [-0.3, -0.25) is 0 Å². The summed E-state index contributed by atoms with van der Waals surface area (Å²) in [7, 11) is 0. The minimum atomic E-state index is 0. The van der Waals surface area contributed by atoms with Crippen LogP contribution in [-0.2, 0) is 0 Å². The van der Waals surface area contributed by atoms with E-state index in [0.717, 1.165) is 9.63 Å². The van der Waals surface area contributed by atoms with Crippen molar-refractivity contribution in [3.8, 4) is 0 Å². The summed E-state index contributed by atoms with van der Waals surface area (Å²) in [5.74, 6) is 0. The number of para-hydroxylation sites is 1. The van der Waals surface area contributed by atoms with Crippen molar-refractivity contribution in [3.05, 3.63) is 30.3 Å². The molecule has 0 aromatic heterocycles. The van der Waals surface area contributed by atoms with Crippen LogP contribution >= 0.6 is 23.6 Å². The molecule has 1 aromatic carbocycles. The molecule has 0 bridgehead atoms. The standard InChI is InChI=1S/C6H5Cl2N.Na.H/c7-9(8)6-4-2-1-3-5-6;;/h1-5H;;/q;+1;-1. The molecule has 0 fully saturated rings. The molecule has 0 amide bonds. The maximum Gasteiger partial charge on any atom is 1.00 e. The molecule has 0 saturated heterocycles. The third-order valence-electron chi connectivity index (χ3n) is 0.951. The molecule has 4 heteroatoms. The normalized spacial score (nSPS) is 8.20. The van der Waals surface area contributed by atoms with E-state index < -0.39 is 0 Å². The summed E-state index contributed by atoms with van der Waals surface area (Å²) in [5, 5.41) is 0. The second-order valence-corrected chi connectivity index (χ2v) is 2.42. The van der Waals surface area contributed by atoms with Gasteiger partial charge in [-0.05, 0) is 12.1 Å². The first kappa shape index (κ1) is 10.6. The van der Waals surface area contributed by atoms with E-state index in [2.05, 4.69) is 0 Å². The molecule has 0 atom stereocenters. The molecule has 0 unspecified atom stereocenters. The monoisotopic (exact) mass is 185 g/mol. The first-order chi connectivity index (χ1) is 4.30. The topological polar surface area (TPSA) is 3.24 Å². The first-order valence-electron chi connectivity index (χ1n) is 2.47. The summed E-state index contributed by atoms with van der Waals surface area (Å²) < 4.78 is 1.03. The van der Waals surface area contributed by atoms with Crippen LogP contribution in [0, 0.1) is 0 Å². The maximum absolute atomic E-state index is 5.40. The van der Waals surface area contributed by atoms with Crippen molar-refractivity contribution in [2.24, 2.45) is 0 Å². The van der Waals surface area contributed by atoms with E-state index >= 15 is 0 Å². The number of halogens is 2. The second kappa shape index (κ2) is 5.28. The summed E-state index contributed by atoms with van der Waals surface area (Å²) in [4.78, 5) is 0. The van der Waals surface area contributed by atoms with Crippen LogP contribution in [0.25, 0.3) is 0 Å². The Morgan fingerprint density at radius 3 is 1.90 bits per heavy atom. The maximum atomic E-state index is 5.40. The van der Waals surface area contributed by atoms with Gasteiger partial charge < -0.3 is 1.43 Å². The van der Waals surface area contributed by atoms with Crippen molar-refractivity contribution in [2.75, 3.05) is 3.94 Å². The molecular formula is C6H6Cl2NNa. The smallest absolute Gasteiger partial charge is 1.00 e. The summed E-state index contributed by atoms with van der Waals surface area (Å²) >= 11 is 10.8. The molecule has 0 aliphatic rings. The average Bonchev–Trinajstić information content (AvgIpc) is 1.90. The average molecular weight is 186 g/mol. The van der Waals surface area contributed by atoms with Gasteiger partial charge in [0.2, 0.25) is 0 Å². The van der Waals surface area contributed by atoms with Crippen molar-refractivity contribution in [1.82, 2.24) is 0 Å². The van der Waals surface area contributed by atoms with E-state index in [0.29, 0.717) is 0 Å². The predicted molar refractivity (Wildman–Crippen MR) is 41.7 cm³/mol. The van der Waals surface area contributed by atoms with Crippen molar-refractivity contribution in [3.63, 3.8) is 0 Å². The zero-order valence-corrected chi connectivity index (χ0v) is 9.10. The van der Waals surface area contributed by atoms with Gasteiger partial charge in [0.05, 0.1) is 5.69 Å². The van der Waals surface area contributed by atoms with Gasteiger partial charge in [0.1, 0.15) is 0 Å². The second-order valence-electron chi connectivity index (χ2n) is 1.57. The van der Waals surface area contributed by atoms with Gasteiger partial charge in [-0.2, -0.15) is 3.94 Å². The van der Waals surface area contributed by atoms with Crippen LogP contribution in [0.1, 0.15) is 1.43 Å². The number of rotatable bonds is 1. The molecule has 1 aromatic rings. The number of hydrogen-bond acceptors (Lipinski definition) is 1. The summed E-state index contributed by atoms with van der Waals surface area (Å²) in [6.07, 6.45) is 0. The zero-order chi connectivity index (χ0) is 6.69. The Morgan fingerprint density at radius 2 is 1.60 bits per heavy atom. The molecule has 0 N–H and O–H groups in total. The van der Waals surface area contributed by atoms with Gasteiger partial charge in [-0.25, -0.2) is 0 Å². The van der Waals surface area contributed by atoms with Crippen molar-refractivity contribution >= 4 is 29.2 Å². The van der Waals surface area contributed by atoms with Crippen LogP contribution in [0.4, 0.5) is 5.69 Å². The van der Waals surface area contributed by atoms with Crippen LogP contribution in [0.2, 0.25) is 0 Å². The third-order valence-corrected chi connectivity index (χ3v) is 1.34. The molecule has 1 nitrogen and oxygen atoms in total. The number of benzene rings is 1. The van der Waals surface area contributed by atoms with Crippen molar-refractivity contribution < 1.29 is 31.0 Å². The fourth-order valence-electron chi connectivity index (χ4n) is 0.541. The van der Waals surface area contributed by atoms with Gasteiger partial charge in [0.25, 0.3) is 0 Å². The molecule has 1 rings (SSSR count). The van der Waals surface area contributed by atoms with Crippen LogP contribution in [0.5, 0.6) is 0 Å².